The molecule has 0 unspecified atom stereocenters. The Kier molecular flexibility index (Phi) is 7.53. The minimum absolute atomic E-state index is 0.0755. The summed E-state index contributed by atoms with van der Waals surface area (Å²) < 4.78 is 33.8. The maximum atomic E-state index is 13.6. The van der Waals surface area contributed by atoms with Crippen molar-refractivity contribution in [3.05, 3.63) is 41.5 Å². The lowest BCUT2D eigenvalue weighted by Crippen LogP contribution is -2.35. The van der Waals surface area contributed by atoms with Crippen molar-refractivity contribution in [1.29, 1.82) is 0 Å². The van der Waals surface area contributed by atoms with E-state index in [1.54, 1.807) is 18.2 Å². The molecule has 1 saturated heterocycles. The normalized spacial score (nSPS) is 18.0. The Morgan fingerprint density at radius 1 is 1.08 bits per heavy atom. The van der Waals surface area contributed by atoms with Crippen molar-refractivity contribution in [2.75, 3.05) is 55.0 Å². The van der Waals surface area contributed by atoms with Gasteiger partial charge < -0.3 is 30.5 Å². The fourth-order valence-corrected chi connectivity index (χ4v) is 6.38. The third kappa shape index (κ3) is 6.01. The van der Waals surface area contributed by atoms with Crippen LogP contribution < -0.4 is 25.0 Å². The number of carbonyl (C=O) groups is 1. The van der Waals surface area contributed by atoms with E-state index in [-0.39, 0.29) is 30.6 Å². The lowest BCUT2D eigenvalue weighted by molar-refractivity contribution is 0.102. The maximum Gasteiger partial charge on any atom is 0.255 e. The molecule has 0 bridgehead atoms. The third-order valence-electron chi connectivity index (χ3n) is 7.97. The topological polar surface area (TPSA) is 140 Å². The van der Waals surface area contributed by atoms with Crippen molar-refractivity contribution in [2.45, 2.75) is 56.4 Å². The summed E-state index contributed by atoms with van der Waals surface area (Å²) in [6.45, 7) is 5.36. The van der Waals surface area contributed by atoms with E-state index in [4.69, 9.17) is 9.84 Å². The van der Waals surface area contributed by atoms with Gasteiger partial charge in [0.25, 0.3) is 5.91 Å². The molecular weight excluding hydrogens is 520 g/mol. The van der Waals surface area contributed by atoms with Gasteiger partial charge in [0.05, 0.1) is 47.3 Å². The highest BCUT2D eigenvalue weighted by Crippen LogP contribution is 2.54. The molecule has 5 N–H and O–H groups in total. The van der Waals surface area contributed by atoms with Crippen LogP contribution in [0.1, 0.15) is 55.5 Å². The summed E-state index contributed by atoms with van der Waals surface area (Å²) in [5.74, 6) is 0.376. The Hall–Kier alpha value is -2.86. The van der Waals surface area contributed by atoms with Crippen LogP contribution in [-0.2, 0) is 16.4 Å². The Bertz CT molecular complexity index is 1350. The molecule has 0 atom stereocenters. The van der Waals surface area contributed by atoms with Crippen LogP contribution in [0.25, 0.3) is 0 Å². The maximum absolute atomic E-state index is 13.6. The Balaban J connectivity index is 1.45. The number of fused-ring (bicyclic) bond motifs is 1. The first kappa shape index (κ1) is 27.7. The first-order chi connectivity index (χ1) is 18.5. The van der Waals surface area contributed by atoms with Gasteiger partial charge in [0.2, 0.25) is 10.0 Å². The average Bonchev–Trinajstić information content (AvgIpc) is 3.48. The predicted octanol–water partition coefficient (Wildman–Crippen LogP) is 2.71. The quantitative estimate of drug-likeness (QED) is 0.300. The van der Waals surface area contributed by atoms with Gasteiger partial charge in [-0.2, -0.15) is 0 Å². The lowest BCUT2D eigenvalue weighted by atomic mass is 9.93. The number of piperidine rings is 1. The van der Waals surface area contributed by atoms with Gasteiger partial charge >= 0.3 is 0 Å². The number of rotatable bonds is 10. The highest BCUT2D eigenvalue weighted by Gasteiger charge is 2.44. The number of ether oxygens (including phenoxy) is 1. The van der Waals surface area contributed by atoms with Crippen molar-refractivity contribution in [3.63, 3.8) is 0 Å². The van der Waals surface area contributed by atoms with Gasteiger partial charge in [-0.1, -0.05) is 0 Å². The summed E-state index contributed by atoms with van der Waals surface area (Å²) >= 11 is 0. The summed E-state index contributed by atoms with van der Waals surface area (Å²) in [5.41, 5.74) is 3.03. The Morgan fingerprint density at radius 3 is 2.49 bits per heavy atom. The van der Waals surface area contributed by atoms with Crippen LogP contribution >= 0.6 is 0 Å². The second-order valence-corrected chi connectivity index (χ2v) is 13.3. The van der Waals surface area contributed by atoms with Gasteiger partial charge in [-0.05, 0) is 75.3 Å². The molecule has 0 radical (unpaired) electrons. The number of hydrogen-bond acceptors (Lipinski definition) is 8. The number of aliphatic hydroxyl groups excluding tert-OH is 2. The Labute approximate surface area is 229 Å². The van der Waals surface area contributed by atoms with Crippen molar-refractivity contribution in [1.82, 2.24) is 4.72 Å². The molecule has 2 aromatic carbocycles. The molecule has 0 aromatic heterocycles. The van der Waals surface area contributed by atoms with E-state index in [9.17, 15) is 18.3 Å². The molecule has 2 fully saturated rings. The van der Waals surface area contributed by atoms with Gasteiger partial charge in [0, 0.05) is 37.2 Å². The van der Waals surface area contributed by atoms with Gasteiger partial charge in [0.1, 0.15) is 5.75 Å². The van der Waals surface area contributed by atoms with Crippen molar-refractivity contribution >= 4 is 33.0 Å². The van der Waals surface area contributed by atoms with Crippen molar-refractivity contribution < 1.29 is 28.2 Å². The van der Waals surface area contributed by atoms with E-state index in [2.05, 4.69) is 20.3 Å². The molecule has 212 valence electrons. The van der Waals surface area contributed by atoms with Crippen LogP contribution in [0.3, 0.4) is 0 Å². The molecule has 11 heteroatoms. The zero-order valence-corrected chi connectivity index (χ0v) is 23.4. The minimum Gasteiger partial charge on any atom is -0.491 e. The number of nitrogens with zero attached hydrogens (tertiary/aromatic N) is 1. The number of sulfonamides is 1. The number of aliphatic hydroxyl groups is 2. The van der Waals surface area contributed by atoms with Crippen LogP contribution in [0.4, 0.5) is 17.1 Å². The molecule has 1 aliphatic carbocycles. The molecular formula is C28H38N4O6S. The van der Waals surface area contributed by atoms with E-state index in [1.165, 1.54) is 18.9 Å². The van der Waals surface area contributed by atoms with E-state index < -0.39 is 15.6 Å². The molecule has 3 aliphatic rings. The van der Waals surface area contributed by atoms with Crippen LogP contribution in [0, 0.1) is 5.41 Å². The van der Waals surface area contributed by atoms with E-state index in [0.717, 1.165) is 31.5 Å². The van der Waals surface area contributed by atoms with Crippen molar-refractivity contribution in [2.24, 2.45) is 5.41 Å². The van der Waals surface area contributed by atoms with Gasteiger partial charge in [0.15, 0.2) is 0 Å². The van der Waals surface area contributed by atoms with E-state index in [0.29, 0.717) is 46.8 Å². The summed E-state index contributed by atoms with van der Waals surface area (Å²) in [5, 5.41) is 25.2. The highest BCUT2D eigenvalue weighted by molar-refractivity contribution is 7.89. The molecule has 1 amide bonds. The van der Waals surface area contributed by atoms with Gasteiger partial charge in [-0.3, -0.25) is 4.79 Å². The number of nitrogens with one attached hydrogen (secondary N) is 3. The summed E-state index contributed by atoms with van der Waals surface area (Å²) in [7, 11) is -3.82. The van der Waals surface area contributed by atoms with Crippen LogP contribution in [-0.4, -0.2) is 69.5 Å². The number of hydrogen-bond donors (Lipinski definition) is 5. The van der Waals surface area contributed by atoms with E-state index in [1.807, 2.05) is 19.9 Å². The molecule has 5 rings (SSSR count). The SMILES string of the molecule is CC(C)(CO)Nc1cc(C(=O)Nc2ccc(S(=O)(=O)NCCO)cc2N2CCC3(CC2)CC3)cc2c1OCC2. The lowest BCUT2D eigenvalue weighted by Gasteiger charge is -2.35. The number of benzene rings is 2. The first-order valence-corrected chi connectivity index (χ1v) is 15.0. The standard InChI is InChI=1S/C28H38N4O6S/c1-27(2,18-34)31-23-16-20(15-19-5-14-38-25(19)23)26(35)30-22-4-3-21(39(36,37)29-10-13-33)17-24(22)32-11-8-28(6-7-28)9-12-32/h3-4,15-17,29,31,33-34H,5-14,18H2,1-2H3,(H,30,35). The molecule has 39 heavy (non-hydrogen) atoms. The summed E-state index contributed by atoms with van der Waals surface area (Å²) in [6.07, 6.45) is 5.25. The third-order valence-corrected chi connectivity index (χ3v) is 9.43. The number of carbonyl (C=O) groups excluding carboxylic acids is 1. The van der Waals surface area contributed by atoms with Crippen LogP contribution in [0.5, 0.6) is 5.75 Å². The predicted molar refractivity (Wildman–Crippen MR) is 150 cm³/mol. The molecule has 2 aromatic rings. The van der Waals surface area contributed by atoms with E-state index >= 15 is 0 Å². The summed E-state index contributed by atoms with van der Waals surface area (Å²) in [4.78, 5) is 15.8. The molecule has 1 saturated carbocycles. The Morgan fingerprint density at radius 2 is 1.82 bits per heavy atom. The molecule has 2 aliphatic heterocycles. The van der Waals surface area contributed by atoms with Crippen LogP contribution in [0.2, 0.25) is 0 Å². The molecule has 2 heterocycles. The van der Waals surface area contributed by atoms with Gasteiger partial charge in [-0.25, -0.2) is 13.1 Å². The second kappa shape index (κ2) is 10.6. The largest absolute Gasteiger partial charge is 0.491 e. The number of amides is 1. The number of anilines is 3. The fraction of sp³-hybridized carbons (Fsp3) is 0.536. The van der Waals surface area contributed by atoms with Gasteiger partial charge in [-0.15, -0.1) is 0 Å². The molecule has 1 spiro atoms. The smallest absolute Gasteiger partial charge is 0.255 e. The monoisotopic (exact) mass is 558 g/mol. The van der Waals surface area contributed by atoms with Crippen LogP contribution in [0.15, 0.2) is 35.2 Å². The highest BCUT2D eigenvalue weighted by atomic mass is 32.2. The second-order valence-electron chi connectivity index (χ2n) is 11.5. The zero-order chi connectivity index (χ0) is 27.8. The average molecular weight is 559 g/mol. The molecule has 10 nitrogen and oxygen atoms in total. The van der Waals surface area contributed by atoms with Crippen molar-refractivity contribution in [3.8, 4) is 5.75 Å². The fourth-order valence-electron chi connectivity index (χ4n) is 5.34. The minimum atomic E-state index is -3.82. The zero-order valence-electron chi connectivity index (χ0n) is 22.5. The summed E-state index contributed by atoms with van der Waals surface area (Å²) in [6, 6.07) is 8.26. The first-order valence-electron chi connectivity index (χ1n) is 13.5.